The normalized spacial score (nSPS) is 9.08. The van der Waals surface area contributed by atoms with E-state index in [2.05, 4.69) is 20.9 Å². The molecule has 1 rings (SSSR count). The third-order valence-corrected chi connectivity index (χ3v) is 2.06. The minimum atomic E-state index is 0.310. The molecule has 0 spiro atoms. The number of halogens is 1. The summed E-state index contributed by atoms with van der Waals surface area (Å²) in [5, 5.41) is 8.43. The number of pyridine rings is 1. The van der Waals surface area contributed by atoms with Gasteiger partial charge in [-0.05, 0) is 22.0 Å². The molecule has 1 heterocycles. The van der Waals surface area contributed by atoms with E-state index >= 15 is 0 Å². The fourth-order valence-electron chi connectivity index (χ4n) is 0.765. The molecule has 0 aromatic carbocycles. The Bertz CT molecular complexity index is 319. The summed E-state index contributed by atoms with van der Waals surface area (Å²) < 4.78 is 5.76. The molecule has 0 radical (unpaired) electrons. The van der Waals surface area contributed by atoms with Crippen LogP contribution in [0.1, 0.15) is 5.69 Å². The van der Waals surface area contributed by atoms with Gasteiger partial charge in [-0.1, -0.05) is 0 Å². The van der Waals surface area contributed by atoms with Crippen LogP contribution in [0.3, 0.4) is 0 Å². The third kappa shape index (κ3) is 1.95. The van der Waals surface area contributed by atoms with Gasteiger partial charge in [-0.15, -0.1) is 0 Å². The first kappa shape index (κ1) is 9.01. The van der Waals surface area contributed by atoms with Crippen LogP contribution >= 0.6 is 15.9 Å². The van der Waals surface area contributed by atoms with Crippen molar-refractivity contribution in [3.63, 3.8) is 0 Å². The maximum absolute atomic E-state index is 8.43. The predicted octanol–water partition coefficient (Wildman–Crippen LogP) is 1.92. The molecular formula is C8H7BrN2O. The molecule has 0 saturated carbocycles. The van der Waals surface area contributed by atoms with Crippen molar-refractivity contribution in [2.75, 3.05) is 7.11 Å². The zero-order chi connectivity index (χ0) is 8.97. The number of ether oxygens (including phenoxy) is 1. The van der Waals surface area contributed by atoms with Gasteiger partial charge in [0.25, 0.3) is 0 Å². The summed E-state index contributed by atoms with van der Waals surface area (Å²) in [6.45, 7) is 0. The van der Waals surface area contributed by atoms with Crippen LogP contribution in [0.5, 0.6) is 5.75 Å². The number of methoxy groups -OCH3 is 1. The summed E-state index contributed by atoms with van der Waals surface area (Å²) in [7, 11) is 1.58. The van der Waals surface area contributed by atoms with Crippen LogP contribution in [0.4, 0.5) is 0 Å². The Kier molecular flexibility index (Phi) is 3.06. The molecule has 0 bridgehead atoms. The molecule has 12 heavy (non-hydrogen) atoms. The molecule has 0 aliphatic carbocycles. The molecule has 0 saturated heterocycles. The van der Waals surface area contributed by atoms with E-state index in [1.165, 1.54) is 0 Å². The van der Waals surface area contributed by atoms with Gasteiger partial charge in [0.05, 0.1) is 31.5 Å². The topological polar surface area (TPSA) is 45.9 Å². The fraction of sp³-hybridized carbons (Fsp3) is 0.250. The van der Waals surface area contributed by atoms with Gasteiger partial charge in [-0.2, -0.15) is 5.26 Å². The molecule has 0 N–H and O–H groups in total. The lowest BCUT2D eigenvalue weighted by Gasteiger charge is -2.01. The first-order chi connectivity index (χ1) is 5.77. The summed E-state index contributed by atoms with van der Waals surface area (Å²) in [6, 6.07) is 3.82. The second-order valence-electron chi connectivity index (χ2n) is 2.14. The van der Waals surface area contributed by atoms with E-state index in [0.29, 0.717) is 12.2 Å². The minimum absolute atomic E-state index is 0.310. The number of nitrogens with zero attached hydrogens (tertiary/aromatic N) is 2. The first-order valence-corrected chi connectivity index (χ1v) is 4.12. The highest BCUT2D eigenvalue weighted by Gasteiger charge is 2.01. The molecule has 0 fully saturated rings. The highest BCUT2D eigenvalue weighted by atomic mass is 79.9. The van der Waals surface area contributed by atoms with Crippen molar-refractivity contribution < 1.29 is 4.74 Å². The number of aromatic nitrogens is 1. The van der Waals surface area contributed by atoms with Gasteiger partial charge >= 0.3 is 0 Å². The second kappa shape index (κ2) is 4.07. The lowest BCUT2D eigenvalue weighted by molar-refractivity contribution is 0.412. The molecule has 0 unspecified atom stereocenters. The van der Waals surface area contributed by atoms with Crippen LogP contribution < -0.4 is 4.74 Å². The van der Waals surface area contributed by atoms with Crippen molar-refractivity contribution in [2.45, 2.75) is 6.42 Å². The van der Waals surface area contributed by atoms with Crippen LogP contribution in [0.15, 0.2) is 16.7 Å². The van der Waals surface area contributed by atoms with E-state index in [-0.39, 0.29) is 0 Å². The Morgan fingerprint density at radius 3 is 3.00 bits per heavy atom. The number of hydrogen-bond acceptors (Lipinski definition) is 3. The zero-order valence-corrected chi connectivity index (χ0v) is 8.13. The number of hydrogen-bond donors (Lipinski definition) is 0. The molecule has 0 amide bonds. The van der Waals surface area contributed by atoms with E-state index in [0.717, 1.165) is 10.2 Å². The van der Waals surface area contributed by atoms with E-state index in [4.69, 9.17) is 10.00 Å². The van der Waals surface area contributed by atoms with Crippen molar-refractivity contribution in [3.05, 3.63) is 22.4 Å². The molecule has 4 heteroatoms. The summed E-state index contributed by atoms with van der Waals surface area (Å²) in [5.41, 5.74) is 0.735. The van der Waals surface area contributed by atoms with Gasteiger partial charge in [0.1, 0.15) is 5.75 Å². The van der Waals surface area contributed by atoms with E-state index < -0.39 is 0 Å². The second-order valence-corrected chi connectivity index (χ2v) is 2.99. The quantitative estimate of drug-likeness (QED) is 0.775. The first-order valence-electron chi connectivity index (χ1n) is 3.33. The van der Waals surface area contributed by atoms with Gasteiger partial charge in [0, 0.05) is 4.47 Å². The van der Waals surface area contributed by atoms with Crippen LogP contribution in [-0.2, 0) is 6.42 Å². The van der Waals surface area contributed by atoms with Crippen LogP contribution in [0.25, 0.3) is 0 Å². The standard InChI is InChI=1S/C8H7BrN2O/c1-12-6-4-7(9)8(2-3-10)11-5-6/h4-5H,2H2,1H3. The SMILES string of the molecule is COc1cnc(CC#N)c(Br)c1. The highest BCUT2D eigenvalue weighted by molar-refractivity contribution is 9.10. The molecule has 0 aliphatic rings. The summed E-state index contributed by atoms with van der Waals surface area (Å²) in [5.74, 6) is 0.684. The van der Waals surface area contributed by atoms with Crippen molar-refractivity contribution in [1.29, 1.82) is 5.26 Å². The lowest BCUT2D eigenvalue weighted by Crippen LogP contribution is -1.91. The summed E-state index contributed by atoms with van der Waals surface area (Å²) in [4.78, 5) is 4.04. The molecule has 1 aromatic heterocycles. The summed E-state index contributed by atoms with van der Waals surface area (Å²) >= 11 is 3.30. The molecule has 62 valence electrons. The van der Waals surface area contributed by atoms with Crippen molar-refractivity contribution in [2.24, 2.45) is 0 Å². The average Bonchev–Trinajstić information content (AvgIpc) is 2.09. The Balaban J connectivity index is 2.97. The fourth-order valence-corrected chi connectivity index (χ4v) is 1.23. The van der Waals surface area contributed by atoms with Crippen molar-refractivity contribution >= 4 is 15.9 Å². The van der Waals surface area contributed by atoms with Gasteiger partial charge in [-0.3, -0.25) is 4.98 Å². The Morgan fingerprint density at radius 1 is 1.75 bits per heavy atom. The molecule has 3 nitrogen and oxygen atoms in total. The van der Waals surface area contributed by atoms with Crippen molar-refractivity contribution in [3.8, 4) is 11.8 Å². The molecule has 1 aromatic rings. The third-order valence-electron chi connectivity index (χ3n) is 1.37. The Morgan fingerprint density at radius 2 is 2.50 bits per heavy atom. The zero-order valence-electron chi connectivity index (χ0n) is 6.54. The van der Waals surface area contributed by atoms with E-state index in [1.54, 1.807) is 19.4 Å². The summed E-state index contributed by atoms with van der Waals surface area (Å²) in [6.07, 6.45) is 1.90. The lowest BCUT2D eigenvalue weighted by atomic mass is 10.3. The molecule has 0 aliphatic heterocycles. The maximum atomic E-state index is 8.43. The minimum Gasteiger partial charge on any atom is -0.495 e. The maximum Gasteiger partial charge on any atom is 0.138 e. The van der Waals surface area contributed by atoms with Gasteiger partial charge in [0.2, 0.25) is 0 Å². The van der Waals surface area contributed by atoms with Crippen LogP contribution in [0.2, 0.25) is 0 Å². The number of rotatable bonds is 2. The molecular weight excluding hydrogens is 220 g/mol. The largest absolute Gasteiger partial charge is 0.495 e. The highest BCUT2D eigenvalue weighted by Crippen LogP contribution is 2.20. The van der Waals surface area contributed by atoms with Crippen LogP contribution in [-0.4, -0.2) is 12.1 Å². The monoisotopic (exact) mass is 226 g/mol. The Labute approximate surface area is 79.1 Å². The molecule has 0 atom stereocenters. The van der Waals surface area contributed by atoms with E-state index in [9.17, 15) is 0 Å². The predicted molar refractivity (Wildman–Crippen MR) is 47.8 cm³/mol. The van der Waals surface area contributed by atoms with Gasteiger partial charge in [0.15, 0.2) is 0 Å². The van der Waals surface area contributed by atoms with Gasteiger partial charge in [-0.25, -0.2) is 0 Å². The van der Waals surface area contributed by atoms with Gasteiger partial charge < -0.3 is 4.74 Å². The van der Waals surface area contributed by atoms with E-state index in [1.807, 2.05) is 6.07 Å². The smallest absolute Gasteiger partial charge is 0.138 e. The average molecular weight is 227 g/mol. The Hall–Kier alpha value is -1.08. The number of nitriles is 1. The van der Waals surface area contributed by atoms with Crippen molar-refractivity contribution in [1.82, 2.24) is 4.98 Å². The van der Waals surface area contributed by atoms with Crippen LogP contribution in [0, 0.1) is 11.3 Å².